The lowest BCUT2D eigenvalue weighted by atomic mass is 10.1. The number of hydrogen-bond acceptors (Lipinski definition) is 3. The average Bonchev–Trinajstić information content (AvgIpc) is 2.44. The molecule has 1 atom stereocenters. The normalized spacial score (nSPS) is 12.2. The van der Waals surface area contributed by atoms with Gasteiger partial charge in [0.1, 0.15) is 0 Å². The first-order valence-electron chi connectivity index (χ1n) is 7.01. The molecule has 1 N–H and O–H groups in total. The molecule has 0 fully saturated rings. The van der Waals surface area contributed by atoms with E-state index in [9.17, 15) is 0 Å². The molecule has 0 aromatic heterocycles. The molecule has 1 unspecified atom stereocenters. The van der Waals surface area contributed by atoms with Gasteiger partial charge in [-0.05, 0) is 47.1 Å². The van der Waals surface area contributed by atoms with Crippen molar-refractivity contribution in [3.05, 3.63) is 40.9 Å². The lowest BCUT2D eigenvalue weighted by molar-refractivity contribution is 0.205. The van der Waals surface area contributed by atoms with Crippen LogP contribution in [0.1, 0.15) is 25.5 Å². The number of halogens is 1. The molecular weight excluding hydrogens is 316 g/mol. The van der Waals surface area contributed by atoms with Crippen LogP contribution < -0.4 is 10.2 Å². The standard InChI is InChI=1S/C16H25BrN2O/c1-5-9-19(10-11-20-4)16-8-7-14(12-15(16)17)13(3)18-6-2/h5,7-8,12-13,18H,1,6,9-11H2,2-4H3. The maximum atomic E-state index is 5.17. The first-order chi connectivity index (χ1) is 9.63. The summed E-state index contributed by atoms with van der Waals surface area (Å²) in [6, 6.07) is 6.88. The predicted molar refractivity (Wildman–Crippen MR) is 90.5 cm³/mol. The minimum absolute atomic E-state index is 0.358. The summed E-state index contributed by atoms with van der Waals surface area (Å²) in [5, 5.41) is 3.43. The van der Waals surface area contributed by atoms with Crippen LogP contribution in [0, 0.1) is 0 Å². The van der Waals surface area contributed by atoms with E-state index in [-0.39, 0.29) is 0 Å². The topological polar surface area (TPSA) is 24.5 Å². The smallest absolute Gasteiger partial charge is 0.0637 e. The minimum Gasteiger partial charge on any atom is -0.383 e. The highest BCUT2D eigenvalue weighted by Crippen LogP contribution is 2.29. The molecule has 1 aromatic rings. The molecule has 0 aliphatic heterocycles. The molecule has 20 heavy (non-hydrogen) atoms. The minimum atomic E-state index is 0.358. The molecule has 0 bridgehead atoms. The van der Waals surface area contributed by atoms with Crippen LogP contribution in [-0.4, -0.2) is 33.4 Å². The van der Waals surface area contributed by atoms with Gasteiger partial charge in [-0.1, -0.05) is 19.1 Å². The molecule has 0 amide bonds. The molecule has 0 spiro atoms. The number of benzene rings is 1. The second-order valence-electron chi connectivity index (χ2n) is 4.72. The van der Waals surface area contributed by atoms with Crippen molar-refractivity contribution in [1.82, 2.24) is 5.32 Å². The molecule has 0 aliphatic carbocycles. The van der Waals surface area contributed by atoms with Crippen molar-refractivity contribution in [3.8, 4) is 0 Å². The number of rotatable bonds is 9. The third-order valence-electron chi connectivity index (χ3n) is 3.24. The van der Waals surface area contributed by atoms with Crippen molar-refractivity contribution in [2.24, 2.45) is 0 Å². The van der Waals surface area contributed by atoms with Crippen LogP contribution in [0.2, 0.25) is 0 Å². The molecule has 0 heterocycles. The van der Waals surface area contributed by atoms with Crippen molar-refractivity contribution in [2.45, 2.75) is 19.9 Å². The quantitative estimate of drug-likeness (QED) is 0.692. The highest BCUT2D eigenvalue weighted by atomic mass is 79.9. The third-order valence-corrected chi connectivity index (χ3v) is 3.87. The van der Waals surface area contributed by atoms with Crippen molar-refractivity contribution >= 4 is 21.6 Å². The number of anilines is 1. The summed E-state index contributed by atoms with van der Waals surface area (Å²) in [6.07, 6.45) is 1.91. The van der Waals surface area contributed by atoms with Gasteiger partial charge in [-0.25, -0.2) is 0 Å². The summed E-state index contributed by atoms with van der Waals surface area (Å²) in [4.78, 5) is 2.25. The summed E-state index contributed by atoms with van der Waals surface area (Å²) in [5.74, 6) is 0. The van der Waals surface area contributed by atoms with Gasteiger partial charge in [0.25, 0.3) is 0 Å². The predicted octanol–water partition coefficient (Wildman–Crippen LogP) is 3.76. The lowest BCUT2D eigenvalue weighted by Gasteiger charge is -2.25. The zero-order chi connectivity index (χ0) is 15.0. The second kappa shape index (κ2) is 9.16. The maximum absolute atomic E-state index is 5.17. The van der Waals surface area contributed by atoms with E-state index in [0.29, 0.717) is 12.6 Å². The van der Waals surface area contributed by atoms with Crippen LogP contribution in [0.25, 0.3) is 0 Å². The number of hydrogen-bond donors (Lipinski definition) is 1. The van der Waals surface area contributed by atoms with Crippen molar-refractivity contribution in [1.29, 1.82) is 0 Å². The molecular formula is C16H25BrN2O. The molecule has 0 saturated carbocycles. The monoisotopic (exact) mass is 340 g/mol. The Morgan fingerprint density at radius 1 is 1.50 bits per heavy atom. The SMILES string of the molecule is C=CCN(CCOC)c1ccc(C(C)NCC)cc1Br. The van der Waals surface area contributed by atoms with E-state index in [2.05, 4.69) is 64.8 Å². The van der Waals surface area contributed by atoms with E-state index in [4.69, 9.17) is 4.74 Å². The fraction of sp³-hybridized carbons (Fsp3) is 0.500. The Morgan fingerprint density at radius 2 is 2.25 bits per heavy atom. The average molecular weight is 341 g/mol. The van der Waals surface area contributed by atoms with Crippen LogP contribution in [0.5, 0.6) is 0 Å². The van der Waals surface area contributed by atoms with Gasteiger partial charge in [-0.15, -0.1) is 6.58 Å². The maximum Gasteiger partial charge on any atom is 0.0637 e. The van der Waals surface area contributed by atoms with E-state index in [1.807, 2.05) is 6.08 Å². The summed E-state index contributed by atoms with van der Waals surface area (Å²) in [6.45, 7) is 11.5. The Balaban J connectivity index is 2.91. The zero-order valence-electron chi connectivity index (χ0n) is 12.7. The fourth-order valence-corrected chi connectivity index (χ4v) is 2.79. The van der Waals surface area contributed by atoms with Crippen molar-refractivity contribution in [2.75, 3.05) is 38.3 Å². The lowest BCUT2D eigenvalue weighted by Crippen LogP contribution is -2.27. The summed E-state index contributed by atoms with van der Waals surface area (Å²) in [7, 11) is 1.72. The van der Waals surface area contributed by atoms with Gasteiger partial charge in [0.2, 0.25) is 0 Å². The van der Waals surface area contributed by atoms with Crippen LogP contribution in [0.3, 0.4) is 0 Å². The van der Waals surface area contributed by atoms with Crippen LogP contribution in [0.15, 0.2) is 35.3 Å². The molecule has 4 heteroatoms. The van der Waals surface area contributed by atoms with E-state index in [1.54, 1.807) is 7.11 Å². The number of nitrogens with zero attached hydrogens (tertiary/aromatic N) is 1. The van der Waals surface area contributed by atoms with Crippen LogP contribution >= 0.6 is 15.9 Å². The molecule has 0 radical (unpaired) electrons. The summed E-state index contributed by atoms with van der Waals surface area (Å²) in [5.41, 5.74) is 2.46. The van der Waals surface area contributed by atoms with Gasteiger partial charge in [0, 0.05) is 30.7 Å². The molecule has 112 valence electrons. The summed E-state index contributed by atoms with van der Waals surface area (Å²) < 4.78 is 6.28. The highest BCUT2D eigenvalue weighted by Gasteiger charge is 2.11. The highest BCUT2D eigenvalue weighted by molar-refractivity contribution is 9.10. The van der Waals surface area contributed by atoms with E-state index in [0.717, 1.165) is 24.1 Å². The van der Waals surface area contributed by atoms with Crippen molar-refractivity contribution < 1.29 is 4.74 Å². The van der Waals surface area contributed by atoms with E-state index < -0.39 is 0 Å². The third kappa shape index (κ3) is 4.93. The van der Waals surface area contributed by atoms with Gasteiger partial charge >= 0.3 is 0 Å². The van der Waals surface area contributed by atoms with Gasteiger partial charge < -0.3 is 15.0 Å². The number of methoxy groups -OCH3 is 1. The van der Waals surface area contributed by atoms with Crippen LogP contribution in [0.4, 0.5) is 5.69 Å². The first-order valence-corrected chi connectivity index (χ1v) is 7.80. The Kier molecular flexibility index (Phi) is 7.88. The van der Waals surface area contributed by atoms with Gasteiger partial charge in [-0.2, -0.15) is 0 Å². The van der Waals surface area contributed by atoms with Crippen LogP contribution in [-0.2, 0) is 4.74 Å². The Bertz CT molecular complexity index is 423. The first kappa shape index (κ1) is 17.2. The molecule has 0 aliphatic rings. The van der Waals surface area contributed by atoms with Gasteiger partial charge in [0.15, 0.2) is 0 Å². The summed E-state index contributed by atoms with van der Waals surface area (Å²) >= 11 is 3.68. The van der Waals surface area contributed by atoms with Gasteiger partial charge in [-0.3, -0.25) is 0 Å². The molecule has 1 aromatic carbocycles. The van der Waals surface area contributed by atoms with Gasteiger partial charge in [0.05, 0.1) is 12.3 Å². The Morgan fingerprint density at radius 3 is 2.80 bits per heavy atom. The largest absolute Gasteiger partial charge is 0.383 e. The molecule has 1 rings (SSSR count). The Labute approximate surface area is 131 Å². The van der Waals surface area contributed by atoms with E-state index in [1.165, 1.54) is 11.3 Å². The molecule has 0 saturated heterocycles. The number of nitrogens with one attached hydrogen (secondary N) is 1. The Hall–Kier alpha value is -0.840. The van der Waals surface area contributed by atoms with E-state index >= 15 is 0 Å². The fourth-order valence-electron chi connectivity index (χ4n) is 2.14. The number of ether oxygens (including phenoxy) is 1. The second-order valence-corrected chi connectivity index (χ2v) is 5.57. The van der Waals surface area contributed by atoms with Crippen molar-refractivity contribution in [3.63, 3.8) is 0 Å². The molecule has 3 nitrogen and oxygen atoms in total. The zero-order valence-corrected chi connectivity index (χ0v) is 14.2.